The Hall–Kier alpha value is -1.62. The minimum atomic E-state index is -2.22. The van der Waals surface area contributed by atoms with Gasteiger partial charge in [-0.2, -0.15) is 0 Å². The minimum absolute atomic E-state index is 0. The summed E-state index contributed by atoms with van der Waals surface area (Å²) in [5.41, 5.74) is -2.22. The number of benzene rings is 3. The summed E-state index contributed by atoms with van der Waals surface area (Å²) in [4.78, 5) is 12.8. The maximum absolute atomic E-state index is 11.6. The van der Waals surface area contributed by atoms with Gasteiger partial charge in [-0.25, -0.2) is 0 Å². The van der Waals surface area contributed by atoms with E-state index < -0.39 is 5.59 Å². The standard InChI is InChI=1S/C18H15P.CHO.Rh.H/c1-4-10-16(11-5-1)19(17-12-6-2-7-13-17)18-14-8-3-9-15-18;1-2;;/h1-15H;1H;;/q;;2*-1/p+1. The molecular formula is C19H18OPRh-. The van der Waals surface area contributed by atoms with Gasteiger partial charge in [-0.3, -0.25) is 0 Å². The molecule has 3 heteroatoms. The van der Waals surface area contributed by atoms with Gasteiger partial charge in [0.05, 0.1) is 0 Å². The maximum atomic E-state index is 11.6. The van der Waals surface area contributed by atoms with Crippen molar-refractivity contribution in [2.75, 3.05) is 0 Å². The van der Waals surface area contributed by atoms with Crippen molar-refractivity contribution in [3.05, 3.63) is 91.0 Å². The first kappa shape index (κ1) is 15.3. The molecule has 0 aliphatic heterocycles. The smallest absolute Gasteiger partial charge is 1.00 e. The molecule has 3 aromatic carbocycles. The summed E-state index contributed by atoms with van der Waals surface area (Å²) in [7, 11) is 0. The van der Waals surface area contributed by atoms with Crippen molar-refractivity contribution >= 4 is 26.4 Å². The quantitative estimate of drug-likeness (QED) is 0.368. The summed E-state index contributed by atoms with van der Waals surface area (Å²) in [6.07, 6.45) is 0. The zero-order chi connectivity index (χ0) is 15.3. The average Bonchev–Trinajstić information content (AvgIpc) is 2.62. The zero-order valence-electron chi connectivity index (χ0n) is 13.0. The van der Waals surface area contributed by atoms with Crippen molar-refractivity contribution in [1.29, 1.82) is 0 Å². The Balaban J connectivity index is 0.00000192. The number of carbonyl (C=O) groups excluding carboxylic acids is 1. The molecule has 0 bridgehead atoms. The Morgan fingerprint density at radius 3 is 1.23 bits per heavy atom. The molecule has 22 heavy (non-hydrogen) atoms. The van der Waals surface area contributed by atoms with E-state index in [1.54, 1.807) is 0 Å². The molecule has 0 aromatic heterocycles. The maximum Gasteiger partial charge on any atom is -1.00 e. The third-order valence-corrected chi connectivity index (χ3v) is 14.3. The second-order valence-corrected chi connectivity index (χ2v) is 13.6. The van der Waals surface area contributed by atoms with Gasteiger partial charge in [-0.05, 0) is 0 Å². The first-order valence-corrected chi connectivity index (χ1v) is 12.3. The molecule has 3 rings (SSSR count). The normalized spacial score (nSPS) is 12.0. The molecule has 1 nitrogen and oxygen atoms in total. The van der Waals surface area contributed by atoms with E-state index in [2.05, 4.69) is 72.8 Å². The molecule has 3 aromatic rings. The van der Waals surface area contributed by atoms with Crippen LogP contribution in [-0.2, 0) is 21.4 Å². The third kappa shape index (κ3) is 2.82. The van der Waals surface area contributed by atoms with Gasteiger partial charge in [-0.1, -0.05) is 0 Å². The van der Waals surface area contributed by atoms with E-state index in [4.69, 9.17) is 0 Å². The van der Waals surface area contributed by atoms with Crippen molar-refractivity contribution in [3.63, 3.8) is 0 Å². The second-order valence-electron chi connectivity index (χ2n) is 4.90. The fourth-order valence-corrected chi connectivity index (χ4v) is 11.9. The predicted octanol–water partition coefficient (Wildman–Crippen LogP) is 3.01. The van der Waals surface area contributed by atoms with Gasteiger partial charge in [0.25, 0.3) is 0 Å². The predicted molar refractivity (Wildman–Crippen MR) is 94.4 cm³/mol. The Morgan fingerprint density at radius 1 is 0.636 bits per heavy atom. The fraction of sp³-hybridized carbons (Fsp3) is 0. The third-order valence-electron chi connectivity index (χ3n) is 3.66. The van der Waals surface area contributed by atoms with Crippen LogP contribution in [0.5, 0.6) is 0 Å². The largest absolute Gasteiger partial charge is 1.00 e. The van der Waals surface area contributed by atoms with Crippen LogP contribution in [0.3, 0.4) is 0 Å². The Bertz CT molecular complexity index is 638. The van der Waals surface area contributed by atoms with Crippen LogP contribution < -0.4 is 15.9 Å². The van der Waals surface area contributed by atoms with E-state index in [1.807, 2.05) is 18.2 Å². The summed E-state index contributed by atoms with van der Waals surface area (Å²) in [6, 6.07) is 31.6. The van der Waals surface area contributed by atoms with Gasteiger partial charge in [0.1, 0.15) is 0 Å². The van der Waals surface area contributed by atoms with Crippen molar-refractivity contribution < 1.29 is 22.9 Å². The molecule has 0 atom stereocenters. The van der Waals surface area contributed by atoms with E-state index in [0.717, 1.165) is 4.88 Å². The SMILES string of the molecule is O=[CH][Rh][PH](c1ccccc1)(c1ccccc1)c1ccccc1.[H-]. The molecule has 0 aliphatic carbocycles. The van der Waals surface area contributed by atoms with Gasteiger partial charge in [0.2, 0.25) is 0 Å². The van der Waals surface area contributed by atoms with E-state index in [0.29, 0.717) is 0 Å². The molecule has 0 saturated heterocycles. The van der Waals surface area contributed by atoms with Crippen LogP contribution in [0.1, 0.15) is 1.43 Å². The van der Waals surface area contributed by atoms with Crippen LogP contribution >= 0.6 is 5.59 Å². The minimum Gasteiger partial charge on any atom is -1.00 e. The number of hydrogen-bond acceptors (Lipinski definition) is 1. The topological polar surface area (TPSA) is 17.1 Å². The van der Waals surface area contributed by atoms with Crippen LogP contribution in [0.2, 0.25) is 0 Å². The Kier molecular flexibility index (Phi) is 4.93. The van der Waals surface area contributed by atoms with Crippen molar-refractivity contribution in [2.24, 2.45) is 0 Å². The van der Waals surface area contributed by atoms with E-state index in [1.165, 1.54) is 15.9 Å². The van der Waals surface area contributed by atoms with Gasteiger partial charge < -0.3 is 1.43 Å². The van der Waals surface area contributed by atoms with Crippen LogP contribution in [0.4, 0.5) is 0 Å². The number of rotatable bonds is 5. The van der Waals surface area contributed by atoms with Crippen molar-refractivity contribution in [1.82, 2.24) is 0 Å². The van der Waals surface area contributed by atoms with E-state index in [-0.39, 0.29) is 18.1 Å². The Morgan fingerprint density at radius 2 is 0.955 bits per heavy atom. The second kappa shape index (κ2) is 7.10. The molecule has 0 N–H and O–H groups in total. The fourth-order valence-electron chi connectivity index (χ4n) is 2.71. The van der Waals surface area contributed by atoms with Crippen LogP contribution in [0.25, 0.3) is 0 Å². The average molecular weight is 396 g/mol. The number of hydrogen-bond donors (Lipinski definition) is 0. The first-order chi connectivity index (χ1) is 10.9. The zero-order valence-corrected chi connectivity index (χ0v) is 14.6. The Labute approximate surface area is 140 Å². The molecule has 0 heterocycles. The van der Waals surface area contributed by atoms with Crippen LogP contribution in [0, 0.1) is 0 Å². The summed E-state index contributed by atoms with van der Waals surface area (Å²) in [6.45, 7) is 0. The molecule has 0 radical (unpaired) electrons. The van der Waals surface area contributed by atoms with Gasteiger partial charge in [0.15, 0.2) is 0 Å². The van der Waals surface area contributed by atoms with Gasteiger partial charge in [-0.15, -0.1) is 0 Å². The molecule has 0 spiro atoms. The van der Waals surface area contributed by atoms with Crippen LogP contribution in [-0.4, -0.2) is 4.88 Å². The molecule has 0 unspecified atom stereocenters. The monoisotopic (exact) mass is 396 g/mol. The molecule has 0 aliphatic rings. The first-order valence-electron chi connectivity index (χ1n) is 7.08. The summed E-state index contributed by atoms with van der Waals surface area (Å²) in [5.74, 6) is 0. The van der Waals surface area contributed by atoms with E-state index in [9.17, 15) is 4.79 Å². The van der Waals surface area contributed by atoms with Gasteiger partial charge >= 0.3 is 139 Å². The van der Waals surface area contributed by atoms with Crippen molar-refractivity contribution in [2.45, 2.75) is 0 Å². The molecule has 0 amide bonds. The van der Waals surface area contributed by atoms with Crippen molar-refractivity contribution in [3.8, 4) is 0 Å². The molecular weight excluding hydrogens is 378 g/mol. The molecule has 0 fully saturated rings. The van der Waals surface area contributed by atoms with Crippen LogP contribution in [0.15, 0.2) is 91.0 Å². The molecule has 115 valence electrons. The summed E-state index contributed by atoms with van der Waals surface area (Å²) in [5, 5.41) is 3.93. The summed E-state index contributed by atoms with van der Waals surface area (Å²) < 4.78 is 0. The summed E-state index contributed by atoms with van der Waals surface area (Å²) >= 11 is -0.179. The number of carbonyl (C=O) groups is 1. The van der Waals surface area contributed by atoms with Gasteiger partial charge in [0, 0.05) is 0 Å². The molecule has 0 saturated carbocycles. The van der Waals surface area contributed by atoms with E-state index >= 15 is 0 Å².